The Kier molecular flexibility index (Phi) is 3.31. The lowest BCUT2D eigenvalue weighted by Crippen LogP contribution is -2.38. The number of benzene rings is 1. The van der Waals surface area contributed by atoms with Crippen LogP contribution in [0.5, 0.6) is 0 Å². The van der Waals surface area contributed by atoms with Crippen LogP contribution < -0.4 is 5.32 Å². The fourth-order valence-electron chi connectivity index (χ4n) is 3.43. The number of carbonyl (C=O) groups is 1. The van der Waals surface area contributed by atoms with Crippen molar-refractivity contribution in [3.05, 3.63) is 34.9 Å². The molecule has 0 aromatic heterocycles. The monoisotopic (exact) mass is 258 g/mol. The summed E-state index contributed by atoms with van der Waals surface area (Å²) in [5.74, 6) is 0.262. The Labute approximate surface area is 115 Å². The molecule has 3 rings (SSSR count). The van der Waals surface area contributed by atoms with Crippen molar-refractivity contribution < 1.29 is 4.79 Å². The number of nitrogens with one attached hydrogen (secondary N) is 1. The second-order valence-corrected chi connectivity index (χ2v) is 5.88. The van der Waals surface area contributed by atoms with E-state index in [1.54, 1.807) is 0 Å². The number of nitrogens with zero attached hydrogens (tertiary/aromatic N) is 1. The minimum Gasteiger partial charge on any atom is -0.319 e. The fraction of sp³-hybridized carbons (Fsp3) is 0.562. The summed E-state index contributed by atoms with van der Waals surface area (Å²) in [5.41, 5.74) is 3.78. The van der Waals surface area contributed by atoms with Crippen LogP contribution in [0.4, 0.5) is 0 Å². The number of amides is 1. The molecule has 3 heteroatoms. The molecule has 1 aromatic rings. The zero-order valence-electron chi connectivity index (χ0n) is 11.8. The molecule has 1 saturated carbocycles. The molecule has 2 fully saturated rings. The number of aryl methyl sites for hydroxylation is 2. The van der Waals surface area contributed by atoms with E-state index >= 15 is 0 Å². The molecule has 1 aliphatic carbocycles. The summed E-state index contributed by atoms with van der Waals surface area (Å²) in [7, 11) is 0. The van der Waals surface area contributed by atoms with Gasteiger partial charge in [0.15, 0.2) is 0 Å². The Bertz CT molecular complexity index is 492. The van der Waals surface area contributed by atoms with Crippen molar-refractivity contribution in [2.75, 3.05) is 6.54 Å². The first-order valence-electron chi connectivity index (χ1n) is 7.28. The van der Waals surface area contributed by atoms with E-state index in [0.717, 1.165) is 12.8 Å². The highest BCUT2D eigenvalue weighted by Crippen LogP contribution is 2.33. The summed E-state index contributed by atoms with van der Waals surface area (Å²) in [5, 5.41) is 3.39. The summed E-state index contributed by atoms with van der Waals surface area (Å²) in [6, 6.07) is 6.94. The third kappa shape index (κ3) is 2.27. The van der Waals surface area contributed by atoms with Crippen LogP contribution in [0.1, 0.15) is 48.5 Å². The van der Waals surface area contributed by atoms with Crippen molar-refractivity contribution in [3.63, 3.8) is 0 Å². The molecule has 1 heterocycles. The standard InChI is InChI=1S/C16H22N2O/c1-11-7-8-12(2)14(9-11)16-17-10-15(19)18(16)13-5-3-4-6-13/h7-9,13,16-17H,3-6,10H2,1-2H3. The van der Waals surface area contributed by atoms with Gasteiger partial charge in [0.1, 0.15) is 6.17 Å². The van der Waals surface area contributed by atoms with Gasteiger partial charge in [-0.2, -0.15) is 0 Å². The van der Waals surface area contributed by atoms with Gasteiger partial charge < -0.3 is 4.90 Å². The van der Waals surface area contributed by atoms with E-state index < -0.39 is 0 Å². The molecule has 1 aromatic carbocycles. The topological polar surface area (TPSA) is 32.3 Å². The van der Waals surface area contributed by atoms with E-state index in [4.69, 9.17) is 0 Å². The van der Waals surface area contributed by atoms with E-state index in [2.05, 4.69) is 42.3 Å². The van der Waals surface area contributed by atoms with Gasteiger partial charge in [0, 0.05) is 6.04 Å². The number of hydrogen-bond acceptors (Lipinski definition) is 2. The highest BCUT2D eigenvalue weighted by atomic mass is 16.2. The Morgan fingerprint density at radius 1 is 1.21 bits per heavy atom. The average molecular weight is 258 g/mol. The third-order valence-corrected chi connectivity index (χ3v) is 4.46. The molecular weight excluding hydrogens is 236 g/mol. The van der Waals surface area contributed by atoms with Crippen LogP contribution in [0.15, 0.2) is 18.2 Å². The first-order chi connectivity index (χ1) is 9.16. The molecule has 0 spiro atoms. The summed E-state index contributed by atoms with van der Waals surface area (Å²) in [4.78, 5) is 14.3. The van der Waals surface area contributed by atoms with Crippen molar-refractivity contribution in [3.8, 4) is 0 Å². The number of hydrogen-bond donors (Lipinski definition) is 1. The second-order valence-electron chi connectivity index (χ2n) is 5.88. The van der Waals surface area contributed by atoms with Gasteiger partial charge in [0.25, 0.3) is 0 Å². The highest BCUT2D eigenvalue weighted by molar-refractivity contribution is 5.81. The van der Waals surface area contributed by atoms with Crippen molar-refractivity contribution in [1.82, 2.24) is 10.2 Å². The van der Waals surface area contributed by atoms with Gasteiger partial charge in [-0.3, -0.25) is 10.1 Å². The van der Waals surface area contributed by atoms with Gasteiger partial charge >= 0.3 is 0 Å². The van der Waals surface area contributed by atoms with E-state index in [0.29, 0.717) is 12.6 Å². The van der Waals surface area contributed by atoms with Gasteiger partial charge in [-0.25, -0.2) is 0 Å². The lowest BCUT2D eigenvalue weighted by atomic mass is 10.0. The van der Waals surface area contributed by atoms with Crippen molar-refractivity contribution in [2.24, 2.45) is 0 Å². The van der Waals surface area contributed by atoms with E-state index in [1.165, 1.54) is 29.5 Å². The average Bonchev–Trinajstić information content (AvgIpc) is 3.01. The minimum absolute atomic E-state index is 0.0792. The van der Waals surface area contributed by atoms with Gasteiger partial charge in [-0.05, 0) is 37.8 Å². The van der Waals surface area contributed by atoms with E-state index in [1.807, 2.05) is 0 Å². The van der Waals surface area contributed by atoms with Gasteiger partial charge in [0.2, 0.25) is 5.91 Å². The molecule has 1 N–H and O–H groups in total. The van der Waals surface area contributed by atoms with E-state index in [-0.39, 0.29) is 12.1 Å². The second kappa shape index (κ2) is 4.97. The zero-order chi connectivity index (χ0) is 13.4. The number of carbonyl (C=O) groups excluding carboxylic acids is 1. The van der Waals surface area contributed by atoms with Crippen LogP contribution in [0.25, 0.3) is 0 Å². The lowest BCUT2D eigenvalue weighted by Gasteiger charge is -2.31. The first-order valence-corrected chi connectivity index (χ1v) is 7.28. The molecule has 19 heavy (non-hydrogen) atoms. The molecule has 102 valence electrons. The van der Waals surface area contributed by atoms with Crippen LogP contribution in [0, 0.1) is 13.8 Å². The molecule has 1 aliphatic heterocycles. The van der Waals surface area contributed by atoms with Gasteiger partial charge in [0.05, 0.1) is 6.54 Å². The number of rotatable bonds is 2. The van der Waals surface area contributed by atoms with Crippen LogP contribution >= 0.6 is 0 Å². The summed E-state index contributed by atoms with van der Waals surface area (Å²) in [6.45, 7) is 4.72. The Balaban J connectivity index is 1.93. The fourth-order valence-corrected chi connectivity index (χ4v) is 3.43. The predicted octanol–water partition coefficient (Wildman–Crippen LogP) is 2.68. The Morgan fingerprint density at radius 3 is 2.68 bits per heavy atom. The van der Waals surface area contributed by atoms with Crippen LogP contribution in [-0.4, -0.2) is 23.4 Å². The molecule has 1 amide bonds. The molecule has 1 saturated heterocycles. The van der Waals surface area contributed by atoms with Crippen molar-refractivity contribution in [2.45, 2.75) is 51.7 Å². The predicted molar refractivity (Wildman–Crippen MR) is 75.8 cm³/mol. The normalized spacial score (nSPS) is 24.4. The largest absolute Gasteiger partial charge is 0.319 e. The summed E-state index contributed by atoms with van der Waals surface area (Å²) >= 11 is 0. The highest BCUT2D eigenvalue weighted by Gasteiger charge is 2.38. The minimum atomic E-state index is 0.0792. The molecule has 0 bridgehead atoms. The smallest absolute Gasteiger partial charge is 0.238 e. The molecule has 3 nitrogen and oxygen atoms in total. The lowest BCUT2D eigenvalue weighted by molar-refractivity contribution is -0.130. The zero-order valence-corrected chi connectivity index (χ0v) is 11.8. The maximum atomic E-state index is 12.2. The maximum absolute atomic E-state index is 12.2. The van der Waals surface area contributed by atoms with E-state index in [9.17, 15) is 4.79 Å². The van der Waals surface area contributed by atoms with Gasteiger partial charge in [-0.15, -0.1) is 0 Å². The third-order valence-electron chi connectivity index (χ3n) is 4.46. The maximum Gasteiger partial charge on any atom is 0.238 e. The first kappa shape index (κ1) is 12.7. The summed E-state index contributed by atoms with van der Waals surface area (Å²) in [6.07, 6.45) is 4.92. The van der Waals surface area contributed by atoms with Crippen LogP contribution in [-0.2, 0) is 4.79 Å². The molecule has 0 radical (unpaired) electrons. The molecule has 1 atom stereocenters. The quantitative estimate of drug-likeness (QED) is 0.884. The molecule has 2 aliphatic rings. The molecular formula is C16H22N2O. The SMILES string of the molecule is Cc1ccc(C)c(C2NCC(=O)N2C2CCCC2)c1. The van der Waals surface area contributed by atoms with Crippen LogP contribution in [0.3, 0.4) is 0 Å². The molecule has 1 unspecified atom stereocenters. The van der Waals surface area contributed by atoms with Gasteiger partial charge in [-0.1, -0.05) is 36.6 Å². The summed E-state index contributed by atoms with van der Waals surface area (Å²) < 4.78 is 0. The Hall–Kier alpha value is -1.35. The van der Waals surface area contributed by atoms with Crippen molar-refractivity contribution >= 4 is 5.91 Å². The van der Waals surface area contributed by atoms with Crippen LogP contribution in [0.2, 0.25) is 0 Å². The van der Waals surface area contributed by atoms with Crippen molar-refractivity contribution in [1.29, 1.82) is 0 Å². The Morgan fingerprint density at radius 2 is 1.95 bits per heavy atom.